The summed E-state index contributed by atoms with van der Waals surface area (Å²) in [4.78, 5) is 19.7. The number of methoxy groups -OCH3 is 1. The number of para-hydroxylation sites is 2. The van der Waals surface area contributed by atoms with Crippen molar-refractivity contribution in [3.05, 3.63) is 54.0 Å². The zero-order chi connectivity index (χ0) is 22.1. The monoisotopic (exact) mass is 452 g/mol. The van der Waals surface area contributed by atoms with Gasteiger partial charge in [-0.15, -0.1) is 10.2 Å². The number of H-pyrrole nitrogens is 1. The molecule has 1 aliphatic rings. The number of thioether (sulfide) groups is 1. The molecule has 0 bridgehead atoms. The average molecular weight is 452 g/mol. The Morgan fingerprint density at radius 3 is 2.88 bits per heavy atom. The van der Waals surface area contributed by atoms with Crippen molar-refractivity contribution < 1.29 is 28.5 Å². The smallest absolute Gasteiger partial charge is 0.345 e. The number of hydrogen-bond acceptors (Lipinski definition) is 10. The highest BCUT2D eigenvalue weighted by Gasteiger charge is 2.23. The maximum atomic E-state index is 12.3. The number of aliphatic hydroxyl groups is 1. The van der Waals surface area contributed by atoms with Crippen LogP contribution >= 0.6 is 11.8 Å². The predicted octanol–water partition coefficient (Wildman–Crippen LogP) is 3.58. The van der Waals surface area contributed by atoms with Gasteiger partial charge in [0.25, 0.3) is 5.22 Å². The molecular weight excluding hydrogens is 436 g/mol. The van der Waals surface area contributed by atoms with Gasteiger partial charge in [0.2, 0.25) is 12.7 Å². The van der Waals surface area contributed by atoms with Crippen LogP contribution in [0.3, 0.4) is 0 Å². The molecule has 0 saturated carbocycles. The molecule has 5 rings (SSSR count). The van der Waals surface area contributed by atoms with Gasteiger partial charge in [0.1, 0.15) is 17.2 Å². The van der Waals surface area contributed by atoms with Crippen LogP contribution in [-0.4, -0.2) is 50.9 Å². The van der Waals surface area contributed by atoms with Gasteiger partial charge in [-0.2, -0.15) is 0 Å². The van der Waals surface area contributed by atoms with Crippen molar-refractivity contribution in [1.29, 1.82) is 0 Å². The average Bonchev–Trinajstić information content (AvgIpc) is 3.56. The highest BCUT2D eigenvalue weighted by molar-refractivity contribution is 7.99. The van der Waals surface area contributed by atoms with E-state index in [4.69, 9.17) is 18.6 Å². The zero-order valence-electron chi connectivity index (χ0n) is 16.7. The maximum absolute atomic E-state index is 12.3. The Hall–Kier alpha value is -3.99. The van der Waals surface area contributed by atoms with E-state index in [9.17, 15) is 9.90 Å². The van der Waals surface area contributed by atoms with E-state index in [0.717, 1.165) is 17.3 Å². The quantitative estimate of drug-likeness (QED) is 0.194. The van der Waals surface area contributed by atoms with E-state index in [0.29, 0.717) is 28.5 Å². The Labute approximate surface area is 185 Å². The van der Waals surface area contributed by atoms with E-state index in [1.165, 1.54) is 7.11 Å². The molecule has 11 heteroatoms. The van der Waals surface area contributed by atoms with Crippen LogP contribution in [0.2, 0.25) is 0 Å². The molecule has 0 spiro atoms. The first kappa shape index (κ1) is 19.9. The number of fused-ring (bicyclic) bond motifs is 2. The number of esters is 1. The Morgan fingerprint density at radius 2 is 2.03 bits per heavy atom. The molecule has 2 N–H and O–H groups in total. The number of aliphatic hydroxyl groups excluding tert-OH is 1. The number of nitrogens with one attached hydrogen (secondary N) is 1. The molecular formula is C21H16N4O6S. The minimum absolute atomic E-state index is 0.00967. The predicted molar refractivity (Wildman–Crippen MR) is 114 cm³/mol. The van der Waals surface area contributed by atoms with E-state index < -0.39 is 5.97 Å². The lowest BCUT2D eigenvalue weighted by Gasteiger charge is -2.06. The molecule has 10 nitrogen and oxygen atoms in total. The van der Waals surface area contributed by atoms with Crippen LogP contribution in [0.4, 0.5) is 0 Å². The molecule has 0 atom stereocenters. The second kappa shape index (κ2) is 8.27. The number of ether oxygens (including phenoxy) is 3. The second-order valence-electron chi connectivity index (χ2n) is 6.65. The van der Waals surface area contributed by atoms with Gasteiger partial charge in [-0.1, -0.05) is 23.9 Å². The van der Waals surface area contributed by atoms with Crippen LogP contribution < -0.4 is 9.47 Å². The molecule has 0 radical (unpaired) electrons. The normalized spacial score (nSPS) is 13.3. The molecule has 0 saturated heterocycles. The van der Waals surface area contributed by atoms with Gasteiger partial charge in [-0.25, -0.2) is 9.78 Å². The van der Waals surface area contributed by atoms with Crippen LogP contribution in [0.5, 0.6) is 11.5 Å². The van der Waals surface area contributed by atoms with Gasteiger partial charge < -0.3 is 28.7 Å². The highest BCUT2D eigenvalue weighted by atomic mass is 32.2. The molecule has 1 aliphatic heterocycles. The Kier molecular flexibility index (Phi) is 5.15. The van der Waals surface area contributed by atoms with E-state index in [1.807, 2.05) is 18.2 Å². The fourth-order valence-corrected chi connectivity index (χ4v) is 3.78. The number of imidazole rings is 1. The van der Waals surface area contributed by atoms with Crippen molar-refractivity contribution in [2.24, 2.45) is 0 Å². The van der Waals surface area contributed by atoms with E-state index >= 15 is 0 Å². The third-order valence-electron chi connectivity index (χ3n) is 4.66. The summed E-state index contributed by atoms with van der Waals surface area (Å²) in [5.41, 5.74) is 2.00. The van der Waals surface area contributed by atoms with Gasteiger partial charge >= 0.3 is 5.97 Å². The summed E-state index contributed by atoms with van der Waals surface area (Å²) < 4.78 is 21.2. The minimum Gasteiger partial charge on any atom is -0.510 e. The summed E-state index contributed by atoms with van der Waals surface area (Å²) >= 11 is 1.07. The van der Waals surface area contributed by atoms with Gasteiger partial charge in [0, 0.05) is 5.56 Å². The summed E-state index contributed by atoms with van der Waals surface area (Å²) in [7, 11) is 1.24. The molecule has 32 heavy (non-hydrogen) atoms. The first-order valence-electron chi connectivity index (χ1n) is 9.44. The standard InChI is InChI=1S/C21H16N4O6S/c1-28-20(27)17(18-22-12-4-2-3-5-13(12)23-18)14(26)9-32-21-25-24-19(31-21)11-6-7-15-16(8-11)30-10-29-15/h2-8,26H,9-10H2,1H3,(H,22,23)/b17-14+. The van der Waals surface area contributed by atoms with Crippen molar-refractivity contribution >= 4 is 34.3 Å². The van der Waals surface area contributed by atoms with Crippen LogP contribution in [0.15, 0.2) is 57.9 Å². The highest BCUT2D eigenvalue weighted by Crippen LogP contribution is 2.36. The Morgan fingerprint density at radius 1 is 1.19 bits per heavy atom. The van der Waals surface area contributed by atoms with Crippen molar-refractivity contribution in [2.75, 3.05) is 19.7 Å². The van der Waals surface area contributed by atoms with Crippen LogP contribution in [0.25, 0.3) is 28.1 Å². The number of carbonyl (C=O) groups excluding carboxylic acids is 1. The lowest BCUT2D eigenvalue weighted by atomic mass is 10.2. The summed E-state index contributed by atoms with van der Waals surface area (Å²) in [6.07, 6.45) is 0. The number of aromatic nitrogens is 4. The topological polar surface area (TPSA) is 133 Å². The Bertz CT molecular complexity index is 1310. The molecule has 2 aromatic heterocycles. The van der Waals surface area contributed by atoms with Crippen molar-refractivity contribution in [3.63, 3.8) is 0 Å². The SMILES string of the molecule is COC(=O)/C(=C(/O)CSc1nnc(-c2ccc3c(c2)OCO3)o1)c1nc2ccccc2[nH]1. The second-order valence-corrected chi connectivity index (χ2v) is 7.57. The van der Waals surface area contributed by atoms with Crippen LogP contribution in [0.1, 0.15) is 5.82 Å². The third kappa shape index (κ3) is 3.73. The molecule has 0 aliphatic carbocycles. The van der Waals surface area contributed by atoms with Crippen molar-refractivity contribution in [3.8, 4) is 23.0 Å². The number of hydrogen-bond donors (Lipinski definition) is 2. The lowest BCUT2D eigenvalue weighted by Crippen LogP contribution is -2.09. The fourth-order valence-electron chi connectivity index (χ4n) is 3.14. The first-order valence-corrected chi connectivity index (χ1v) is 10.4. The molecule has 162 valence electrons. The van der Waals surface area contributed by atoms with E-state index in [-0.39, 0.29) is 34.9 Å². The summed E-state index contributed by atoms with van der Waals surface area (Å²) in [5.74, 6) is 0.799. The molecule has 4 aromatic rings. The van der Waals surface area contributed by atoms with Crippen LogP contribution in [-0.2, 0) is 9.53 Å². The molecule has 2 aromatic carbocycles. The summed E-state index contributed by atoms with van der Waals surface area (Å²) in [6.45, 7) is 0.170. The first-order chi connectivity index (χ1) is 15.6. The number of carbonyl (C=O) groups is 1. The van der Waals surface area contributed by atoms with Gasteiger partial charge in [-0.05, 0) is 30.3 Å². The molecule has 3 heterocycles. The van der Waals surface area contributed by atoms with Gasteiger partial charge in [0.15, 0.2) is 11.5 Å². The number of benzene rings is 2. The van der Waals surface area contributed by atoms with Gasteiger partial charge in [-0.3, -0.25) is 0 Å². The van der Waals surface area contributed by atoms with E-state index in [1.54, 1.807) is 24.3 Å². The van der Waals surface area contributed by atoms with Crippen LogP contribution in [0, 0.1) is 0 Å². The lowest BCUT2D eigenvalue weighted by molar-refractivity contribution is -0.133. The minimum atomic E-state index is -0.714. The summed E-state index contributed by atoms with van der Waals surface area (Å²) in [5, 5.41) is 18.9. The Balaban J connectivity index is 1.37. The molecule has 0 amide bonds. The fraction of sp³-hybridized carbons (Fsp3) is 0.143. The third-order valence-corrected chi connectivity index (χ3v) is 5.49. The molecule has 0 fully saturated rings. The number of rotatable bonds is 6. The zero-order valence-corrected chi connectivity index (χ0v) is 17.5. The van der Waals surface area contributed by atoms with Crippen molar-refractivity contribution in [1.82, 2.24) is 20.2 Å². The number of nitrogens with zero attached hydrogens (tertiary/aromatic N) is 3. The number of aromatic amines is 1. The van der Waals surface area contributed by atoms with Crippen molar-refractivity contribution in [2.45, 2.75) is 5.22 Å². The van der Waals surface area contributed by atoms with E-state index in [2.05, 4.69) is 20.2 Å². The molecule has 0 unspecified atom stereocenters. The maximum Gasteiger partial charge on any atom is 0.345 e. The van der Waals surface area contributed by atoms with Gasteiger partial charge in [0.05, 0.1) is 23.9 Å². The summed E-state index contributed by atoms with van der Waals surface area (Å²) in [6, 6.07) is 12.6. The largest absolute Gasteiger partial charge is 0.510 e.